The first kappa shape index (κ1) is 18.8. The van der Waals surface area contributed by atoms with Gasteiger partial charge in [0.2, 0.25) is 0 Å². The Morgan fingerprint density at radius 3 is 2.74 bits per heavy atom. The summed E-state index contributed by atoms with van der Waals surface area (Å²) in [6.45, 7) is 3.30. The minimum atomic E-state index is -0.822. The van der Waals surface area contributed by atoms with Crippen molar-refractivity contribution < 1.29 is 18.7 Å². The molecule has 7 nitrogen and oxygen atoms in total. The van der Waals surface area contributed by atoms with E-state index in [4.69, 9.17) is 16.3 Å². The number of aromatic amines is 1. The second-order valence-electron chi connectivity index (χ2n) is 5.80. The summed E-state index contributed by atoms with van der Waals surface area (Å²) in [4.78, 5) is 34.2. The fraction of sp³-hybridized carbons (Fsp3) is 0.222. The lowest BCUT2D eigenvalue weighted by Crippen LogP contribution is -2.12. The summed E-state index contributed by atoms with van der Waals surface area (Å²) in [6, 6.07) is 4.08. The Kier molecular flexibility index (Phi) is 5.09. The number of fused-ring (bicyclic) bond motifs is 1. The summed E-state index contributed by atoms with van der Waals surface area (Å²) in [5.41, 5.74) is 0.573. The van der Waals surface area contributed by atoms with Crippen molar-refractivity contribution in [2.24, 2.45) is 0 Å². The number of rotatable bonds is 4. The van der Waals surface area contributed by atoms with Gasteiger partial charge < -0.3 is 14.5 Å². The van der Waals surface area contributed by atoms with Crippen LogP contribution in [0.25, 0.3) is 10.9 Å². The smallest absolute Gasteiger partial charge is 0.339 e. The zero-order valence-corrected chi connectivity index (χ0v) is 15.4. The Morgan fingerprint density at radius 2 is 2.07 bits per heavy atom. The van der Waals surface area contributed by atoms with Crippen molar-refractivity contribution >= 4 is 28.5 Å². The first-order valence-corrected chi connectivity index (χ1v) is 8.28. The number of ether oxygens (including phenoxy) is 2. The highest BCUT2D eigenvalue weighted by molar-refractivity contribution is 6.32. The highest BCUT2D eigenvalue weighted by Gasteiger charge is 2.18. The van der Waals surface area contributed by atoms with Crippen LogP contribution in [0, 0.1) is 12.7 Å². The van der Waals surface area contributed by atoms with Crippen LogP contribution in [0.15, 0.2) is 29.2 Å². The van der Waals surface area contributed by atoms with Gasteiger partial charge in [0.15, 0.2) is 5.82 Å². The van der Waals surface area contributed by atoms with Crippen molar-refractivity contribution in [2.75, 3.05) is 7.11 Å². The van der Waals surface area contributed by atoms with Crippen molar-refractivity contribution in [3.8, 4) is 5.88 Å². The molecule has 0 saturated carbocycles. The minimum absolute atomic E-state index is 0.0354. The number of esters is 1. The lowest BCUT2D eigenvalue weighted by molar-refractivity contribution is 0.0599. The largest absolute Gasteiger partial charge is 0.468 e. The van der Waals surface area contributed by atoms with Crippen LogP contribution >= 0.6 is 11.6 Å². The number of nitrogens with one attached hydrogen (secondary N) is 1. The zero-order chi connectivity index (χ0) is 19.7. The van der Waals surface area contributed by atoms with Crippen molar-refractivity contribution in [3.63, 3.8) is 0 Å². The maximum absolute atomic E-state index is 14.2. The molecule has 0 aliphatic rings. The van der Waals surface area contributed by atoms with Gasteiger partial charge in [0.25, 0.3) is 11.4 Å². The number of carbonyl (C=O) groups excluding carboxylic acids is 1. The fourth-order valence-electron chi connectivity index (χ4n) is 2.58. The van der Waals surface area contributed by atoms with E-state index in [1.807, 2.05) is 0 Å². The normalized spacial score (nSPS) is 12.0. The molecule has 27 heavy (non-hydrogen) atoms. The van der Waals surface area contributed by atoms with E-state index in [1.54, 1.807) is 26.0 Å². The van der Waals surface area contributed by atoms with Gasteiger partial charge in [-0.05, 0) is 32.0 Å². The number of hydrogen-bond donors (Lipinski definition) is 1. The molecular formula is C18H15ClFN3O4. The first-order valence-electron chi connectivity index (χ1n) is 7.90. The van der Waals surface area contributed by atoms with E-state index in [0.29, 0.717) is 27.3 Å². The van der Waals surface area contributed by atoms with Gasteiger partial charge in [-0.3, -0.25) is 4.79 Å². The number of aryl methyl sites for hydroxylation is 1. The number of hydrogen-bond acceptors (Lipinski definition) is 6. The van der Waals surface area contributed by atoms with Crippen LogP contribution in [0.2, 0.25) is 5.02 Å². The summed E-state index contributed by atoms with van der Waals surface area (Å²) in [7, 11) is 1.19. The van der Waals surface area contributed by atoms with Crippen LogP contribution in [-0.2, 0) is 4.74 Å². The van der Waals surface area contributed by atoms with Gasteiger partial charge in [0.05, 0.1) is 23.6 Å². The average Bonchev–Trinajstić information content (AvgIpc) is 2.61. The van der Waals surface area contributed by atoms with E-state index in [2.05, 4.69) is 19.7 Å². The predicted octanol–water partition coefficient (Wildman–Crippen LogP) is 3.35. The van der Waals surface area contributed by atoms with Crippen LogP contribution in [-0.4, -0.2) is 28.0 Å². The van der Waals surface area contributed by atoms with Crippen molar-refractivity contribution in [1.29, 1.82) is 0 Å². The average molecular weight is 392 g/mol. The summed E-state index contributed by atoms with van der Waals surface area (Å²) in [5, 5.41) is 0.656. The number of H-pyrrole nitrogens is 1. The number of methoxy groups -OCH3 is 1. The highest BCUT2D eigenvalue weighted by Crippen LogP contribution is 2.30. The number of carbonyl (C=O) groups is 1. The lowest BCUT2D eigenvalue weighted by Gasteiger charge is -2.17. The van der Waals surface area contributed by atoms with E-state index >= 15 is 0 Å². The maximum atomic E-state index is 14.2. The van der Waals surface area contributed by atoms with Crippen molar-refractivity contribution in [1.82, 2.24) is 15.0 Å². The molecule has 2 aromatic heterocycles. The van der Waals surface area contributed by atoms with Crippen LogP contribution in [0.4, 0.5) is 4.39 Å². The molecule has 3 rings (SSSR count). The third-order valence-electron chi connectivity index (χ3n) is 3.90. The third-order valence-corrected chi connectivity index (χ3v) is 4.22. The summed E-state index contributed by atoms with van der Waals surface area (Å²) in [5.74, 6) is -1.36. The Labute approximate surface area is 158 Å². The molecule has 0 radical (unpaired) electrons. The third kappa shape index (κ3) is 3.75. The van der Waals surface area contributed by atoms with Gasteiger partial charge in [-0.15, -0.1) is 0 Å². The zero-order valence-electron chi connectivity index (χ0n) is 14.7. The van der Waals surface area contributed by atoms with E-state index < -0.39 is 17.9 Å². The van der Waals surface area contributed by atoms with Crippen LogP contribution in [0.5, 0.6) is 5.88 Å². The van der Waals surface area contributed by atoms with Crippen molar-refractivity contribution in [3.05, 3.63) is 62.5 Å². The summed E-state index contributed by atoms with van der Waals surface area (Å²) < 4.78 is 24.2. The van der Waals surface area contributed by atoms with E-state index in [0.717, 1.165) is 12.3 Å². The topological polar surface area (TPSA) is 94.2 Å². The molecule has 1 unspecified atom stereocenters. The van der Waals surface area contributed by atoms with Crippen LogP contribution in [0.3, 0.4) is 0 Å². The molecule has 0 amide bonds. The Hall–Kier alpha value is -3.00. The Bertz CT molecular complexity index is 1100. The highest BCUT2D eigenvalue weighted by atomic mass is 35.5. The van der Waals surface area contributed by atoms with E-state index in [-0.39, 0.29) is 17.0 Å². The Morgan fingerprint density at radius 1 is 1.33 bits per heavy atom. The minimum Gasteiger partial charge on any atom is -0.468 e. The van der Waals surface area contributed by atoms with Gasteiger partial charge in [-0.2, -0.15) is 0 Å². The fourth-order valence-corrected chi connectivity index (χ4v) is 2.89. The molecule has 0 saturated heterocycles. The van der Waals surface area contributed by atoms with Gasteiger partial charge in [0, 0.05) is 16.8 Å². The second kappa shape index (κ2) is 7.32. The molecule has 1 atom stereocenters. The van der Waals surface area contributed by atoms with Crippen LogP contribution < -0.4 is 10.3 Å². The summed E-state index contributed by atoms with van der Waals surface area (Å²) in [6.07, 6.45) is 0.435. The quantitative estimate of drug-likeness (QED) is 0.685. The molecular weight excluding hydrogens is 377 g/mol. The van der Waals surface area contributed by atoms with E-state index in [9.17, 15) is 14.0 Å². The molecule has 1 aromatic carbocycles. The molecule has 0 spiro atoms. The van der Waals surface area contributed by atoms with Crippen LogP contribution in [0.1, 0.15) is 34.8 Å². The van der Waals surface area contributed by atoms with Gasteiger partial charge in [-0.25, -0.2) is 19.2 Å². The molecule has 9 heteroatoms. The van der Waals surface area contributed by atoms with Gasteiger partial charge >= 0.3 is 5.97 Å². The monoisotopic (exact) mass is 391 g/mol. The lowest BCUT2D eigenvalue weighted by atomic mass is 10.1. The number of aromatic nitrogens is 3. The molecule has 1 N–H and O–H groups in total. The molecule has 0 bridgehead atoms. The number of halogens is 2. The van der Waals surface area contributed by atoms with Crippen molar-refractivity contribution in [2.45, 2.75) is 20.0 Å². The van der Waals surface area contributed by atoms with E-state index in [1.165, 1.54) is 7.11 Å². The summed E-state index contributed by atoms with van der Waals surface area (Å²) >= 11 is 6.29. The predicted molar refractivity (Wildman–Crippen MR) is 96.7 cm³/mol. The Balaban J connectivity index is 1.94. The number of benzene rings is 1. The first-order chi connectivity index (χ1) is 12.8. The maximum Gasteiger partial charge on any atom is 0.339 e. The second-order valence-corrected chi connectivity index (χ2v) is 6.21. The number of pyridine rings is 1. The van der Waals surface area contributed by atoms with Gasteiger partial charge in [-0.1, -0.05) is 11.6 Å². The molecule has 140 valence electrons. The molecule has 2 heterocycles. The standard InChI is InChI=1S/C18H15ClFN3O4/c1-8(27-17-14(20)4-10(7-21-17)18(25)26-3)11-5-12-15(6-13(11)19)22-9(2)23-16(12)24/h4-8H,1-3H3,(H,22,23,24). The molecule has 3 aromatic rings. The molecule has 0 fully saturated rings. The molecule has 0 aliphatic heterocycles. The number of nitrogens with zero attached hydrogens (tertiary/aromatic N) is 2. The van der Waals surface area contributed by atoms with Gasteiger partial charge in [0.1, 0.15) is 11.9 Å². The SMILES string of the molecule is COC(=O)c1cnc(OC(C)c2cc3c(=O)[nH]c(C)nc3cc2Cl)c(F)c1. The molecule has 0 aliphatic carbocycles.